The van der Waals surface area contributed by atoms with E-state index in [0.29, 0.717) is 23.7 Å². The molecule has 4 aromatic heterocycles. The highest BCUT2D eigenvalue weighted by atomic mass is 15.0. The van der Waals surface area contributed by atoms with Gasteiger partial charge in [-0.05, 0) is 191 Å². The van der Waals surface area contributed by atoms with E-state index in [2.05, 4.69) is 104 Å². The van der Waals surface area contributed by atoms with Crippen LogP contribution in [0.4, 0.5) is 0 Å². The molecular formula is C58H69N3. The summed E-state index contributed by atoms with van der Waals surface area (Å²) >= 11 is 0. The molecule has 3 heteroatoms. The van der Waals surface area contributed by atoms with Gasteiger partial charge in [-0.25, -0.2) is 0 Å². The molecule has 3 nitrogen and oxygen atoms in total. The van der Waals surface area contributed by atoms with Crippen LogP contribution >= 0.6 is 0 Å². The van der Waals surface area contributed by atoms with Crippen LogP contribution < -0.4 is 0 Å². The van der Waals surface area contributed by atoms with E-state index in [1.165, 1.54) is 104 Å². The number of pyridine rings is 2. The quantitative estimate of drug-likeness (QED) is 0.174. The molecule has 0 aliphatic heterocycles. The number of rotatable bonds is 2. The maximum Gasteiger partial charge on any atom is 0.0728 e. The van der Waals surface area contributed by atoms with Crippen LogP contribution in [0.25, 0.3) is 49.2 Å². The van der Waals surface area contributed by atoms with Crippen LogP contribution in [0, 0.1) is 34.5 Å². The molecule has 8 bridgehead atoms. The molecule has 0 spiro atoms. The maximum atomic E-state index is 5.71. The second-order valence-corrected chi connectivity index (χ2v) is 27.1. The minimum atomic E-state index is -0.128. The molecule has 10 aliphatic carbocycles. The van der Waals surface area contributed by atoms with Crippen molar-refractivity contribution < 1.29 is 0 Å². The minimum Gasteiger partial charge on any atom is -0.305 e. The van der Waals surface area contributed by atoms with Gasteiger partial charge in [0.25, 0.3) is 0 Å². The first-order chi connectivity index (χ1) is 28.9. The zero-order chi connectivity index (χ0) is 41.7. The fraction of sp³-hybridized carbons (Fsp3) is 0.621. The third-order valence-electron chi connectivity index (χ3n) is 19.1. The molecule has 0 saturated heterocycles. The van der Waals surface area contributed by atoms with Crippen LogP contribution in [-0.4, -0.2) is 14.4 Å². The number of nitrogens with zero attached hydrogens (tertiary/aromatic N) is 3. The Morgan fingerprint density at radius 2 is 1.07 bits per heavy atom. The molecule has 316 valence electrons. The fourth-order valence-electron chi connectivity index (χ4n) is 18.7. The second kappa shape index (κ2) is 11.2. The Bertz CT molecular complexity index is 2890. The molecule has 4 saturated carbocycles. The van der Waals surface area contributed by atoms with E-state index in [0.717, 1.165) is 36.5 Å². The predicted octanol–water partition coefficient (Wildman–Crippen LogP) is 15.5. The van der Waals surface area contributed by atoms with Gasteiger partial charge in [0.2, 0.25) is 0 Å². The summed E-state index contributed by atoms with van der Waals surface area (Å²) in [5.74, 6) is 5.94. The lowest BCUT2D eigenvalue weighted by Gasteiger charge is -2.42. The number of benzene rings is 2. The van der Waals surface area contributed by atoms with Crippen LogP contribution in [0.2, 0.25) is 0 Å². The van der Waals surface area contributed by atoms with Crippen molar-refractivity contribution in [2.24, 2.45) is 34.5 Å². The van der Waals surface area contributed by atoms with E-state index in [-0.39, 0.29) is 27.1 Å². The fourth-order valence-corrected chi connectivity index (χ4v) is 18.7. The lowest BCUT2D eigenvalue weighted by Crippen LogP contribution is -2.35. The summed E-state index contributed by atoms with van der Waals surface area (Å²) < 4.78 is 2.78. The molecule has 2 aromatic carbocycles. The van der Waals surface area contributed by atoms with Crippen LogP contribution in [0.3, 0.4) is 0 Å². The van der Waals surface area contributed by atoms with Gasteiger partial charge in [-0.15, -0.1) is 0 Å². The van der Waals surface area contributed by atoms with Crippen LogP contribution in [0.1, 0.15) is 221 Å². The van der Waals surface area contributed by atoms with Gasteiger partial charge in [0.1, 0.15) is 0 Å². The van der Waals surface area contributed by atoms with Gasteiger partial charge in [0.15, 0.2) is 0 Å². The molecule has 4 heterocycles. The second-order valence-electron chi connectivity index (χ2n) is 27.1. The van der Waals surface area contributed by atoms with E-state index >= 15 is 0 Å². The van der Waals surface area contributed by atoms with Gasteiger partial charge in [-0.2, -0.15) is 0 Å². The molecule has 4 atom stereocenters. The predicted molar refractivity (Wildman–Crippen MR) is 253 cm³/mol. The third-order valence-corrected chi connectivity index (χ3v) is 19.1. The number of hydrogen-bond acceptors (Lipinski definition) is 2. The summed E-state index contributed by atoms with van der Waals surface area (Å²) in [4.78, 5) is 11.4. The van der Waals surface area contributed by atoms with E-state index in [9.17, 15) is 0 Å². The monoisotopic (exact) mass is 808 g/mol. The summed E-state index contributed by atoms with van der Waals surface area (Å²) in [5, 5.41) is 6.34. The molecule has 61 heavy (non-hydrogen) atoms. The Morgan fingerprint density at radius 3 is 1.61 bits per heavy atom. The molecule has 0 radical (unpaired) electrons. The molecule has 4 fully saturated rings. The number of fused-ring (bicyclic) bond motifs is 12. The van der Waals surface area contributed by atoms with Gasteiger partial charge in [0.05, 0.1) is 28.9 Å². The summed E-state index contributed by atoms with van der Waals surface area (Å²) in [7, 11) is 0. The SMILES string of the molecule is CC(C)(C)CC1(CC(C)(C)C)c2ccc3c(c2-c2cc4c5c6c(ncc5n5c7cnc8c(c7c(c21)c45)C1CC2CC(CC8C2)C1)C1CC2CC(C1)CC6C2)C(C)(C)CC3(C)C. The highest BCUT2D eigenvalue weighted by Gasteiger charge is 2.55. The first-order valence-corrected chi connectivity index (χ1v) is 25.1. The lowest BCUT2D eigenvalue weighted by molar-refractivity contribution is 0.165. The van der Waals surface area contributed by atoms with Gasteiger partial charge in [-0.3, -0.25) is 9.97 Å². The van der Waals surface area contributed by atoms with Crippen molar-refractivity contribution in [3.8, 4) is 11.1 Å². The maximum absolute atomic E-state index is 5.71. The summed E-state index contributed by atoms with van der Waals surface area (Å²) in [6.45, 7) is 25.4. The van der Waals surface area contributed by atoms with Crippen molar-refractivity contribution in [3.05, 3.63) is 75.4 Å². The van der Waals surface area contributed by atoms with Crippen molar-refractivity contribution >= 4 is 38.1 Å². The third kappa shape index (κ3) is 4.68. The van der Waals surface area contributed by atoms with E-state index < -0.39 is 0 Å². The Kier molecular flexibility index (Phi) is 6.81. The highest BCUT2D eigenvalue weighted by Crippen LogP contribution is 2.68. The average Bonchev–Trinajstić information content (AvgIpc) is 3.72. The van der Waals surface area contributed by atoms with Crippen molar-refractivity contribution in [3.63, 3.8) is 0 Å². The molecule has 16 rings (SSSR count). The first-order valence-electron chi connectivity index (χ1n) is 25.1. The lowest BCUT2D eigenvalue weighted by atomic mass is 9.61. The molecule has 10 aliphatic rings. The largest absolute Gasteiger partial charge is 0.305 e. The first kappa shape index (κ1) is 37.0. The standard InChI is InChI=1S/C58H69N3/c1-54(2,3)26-58(27-55(4,5)6)39-11-12-40-50(57(9,10)28-56(40,7)8)45(39)37-23-38-46-41(24-59-51-35-19-29-13-30(20-35)16-33(15-29)43(46)51)61-42-25-60-52-36-21-31-14-32(22-36)18-34(17-31)44(52)47(42)48(49(37)58)53(38)61/h11-12,23-25,29-36H,13-22,26-28H2,1-10H3. The molecule has 0 N–H and O–H groups in total. The van der Waals surface area contributed by atoms with Crippen molar-refractivity contribution in [1.82, 2.24) is 14.4 Å². The summed E-state index contributed by atoms with van der Waals surface area (Å²) in [6, 6.07) is 8.15. The Morgan fingerprint density at radius 1 is 0.574 bits per heavy atom. The Labute approximate surface area is 364 Å². The van der Waals surface area contributed by atoms with E-state index in [1.807, 2.05) is 0 Å². The zero-order valence-electron chi connectivity index (χ0n) is 39.0. The van der Waals surface area contributed by atoms with Gasteiger partial charge in [0, 0.05) is 50.2 Å². The zero-order valence-corrected chi connectivity index (χ0v) is 39.0. The van der Waals surface area contributed by atoms with Crippen molar-refractivity contribution in [2.45, 2.75) is 193 Å². The molecule has 6 aromatic rings. The van der Waals surface area contributed by atoms with Crippen LogP contribution in [0.15, 0.2) is 30.6 Å². The highest BCUT2D eigenvalue weighted by molar-refractivity contribution is 6.28. The summed E-state index contributed by atoms with van der Waals surface area (Å²) in [6.07, 6.45) is 22.0. The van der Waals surface area contributed by atoms with Gasteiger partial charge in [-0.1, -0.05) is 81.4 Å². The molecular weight excluding hydrogens is 739 g/mol. The van der Waals surface area contributed by atoms with Crippen LogP contribution in [-0.2, 0) is 16.2 Å². The Hall–Kier alpha value is -3.46. The van der Waals surface area contributed by atoms with Crippen LogP contribution in [0.5, 0.6) is 0 Å². The smallest absolute Gasteiger partial charge is 0.0728 e. The van der Waals surface area contributed by atoms with Crippen molar-refractivity contribution in [1.29, 1.82) is 0 Å². The van der Waals surface area contributed by atoms with E-state index in [1.54, 1.807) is 60.7 Å². The molecule has 0 amide bonds. The van der Waals surface area contributed by atoms with Gasteiger partial charge < -0.3 is 4.40 Å². The topological polar surface area (TPSA) is 30.2 Å². The van der Waals surface area contributed by atoms with Gasteiger partial charge >= 0.3 is 0 Å². The normalized spacial score (nSPS) is 31.9. The number of hydrogen-bond donors (Lipinski definition) is 0. The number of aromatic nitrogens is 3. The molecule has 4 unspecified atom stereocenters. The average molecular weight is 808 g/mol. The van der Waals surface area contributed by atoms with E-state index in [4.69, 9.17) is 9.97 Å². The Balaban J connectivity index is 1.22. The minimum absolute atomic E-state index is 0.0837. The van der Waals surface area contributed by atoms with Crippen molar-refractivity contribution in [2.75, 3.05) is 0 Å². The summed E-state index contributed by atoms with van der Waals surface area (Å²) in [5.41, 5.74) is 20.7.